The molecule has 1 aromatic rings. The Morgan fingerprint density at radius 1 is 1.25 bits per heavy atom. The number of nitrogens with one attached hydrogen (secondary N) is 1. The molecule has 2 amide bonds. The fourth-order valence-electron chi connectivity index (χ4n) is 3.36. The van der Waals surface area contributed by atoms with Gasteiger partial charge in [-0.05, 0) is 44.6 Å². The van der Waals surface area contributed by atoms with E-state index in [-0.39, 0.29) is 11.8 Å². The molecule has 1 aromatic carbocycles. The third-order valence-electron chi connectivity index (χ3n) is 4.90. The van der Waals surface area contributed by atoms with Crippen molar-refractivity contribution < 1.29 is 9.59 Å². The summed E-state index contributed by atoms with van der Waals surface area (Å²) >= 11 is 0. The van der Waals surface area contributed by atoms with Crippen LogP contribution >= 0.6 is 0 Å². The molecule has 24 heavy (non-hydrogen) atoms. The molecular weight excluding hydrogens is 300 g/mol. The first kappa shape index (κ1) is 18.5. The highest BCUT2D eigenvalue weighted by atomic mass is 16.2. The zero-order valence-corrected chi connectivity index (χ0v) is 15.2. The van der Waals surface area contributed by atoms with Crippen LogP contribution in [0.2, 0.25) is 0 Å². The highest BCUT2D eigenvalue weighted by Crippen LogP contribution is 2.28. The Morgan fingerprint density at radius 3 is 2.62 bits per heavy atom. The van der Waals surface area contributed by atoms with Gasteiger partial charge in [-0.1, -0.05) is 37.3 Å². The van der Waals surface area contributed by atoms with Crippen molar-refractivity contribution >= 4 is 11.8 Å². The third kappa shape index (κ3) is 4.59. The Bertz CT molecular complexity index is 554. The molecule has 1 heterocycles. The van der Waals surface area contributed by atoms with E-state index in [1.54, 1.807) is 0 Å². The van der Waals surface area contributed by atoms with Crippen LogP contribution in [0.15, 0.2) is 30.3 Å². The van der Waals surface area contributed by atoms with Crippen molar-refractivity contribution in [1.29, 1.82) is 0 Å². The number of hydrogen-bond donors (Lipinski definition) is 1. The minimum atomic E-state index is -0.519. The van der Waals surface area contributed by atoms with Gasteiger partial charge in [-0.15, -0.1) is 0 Å². The van der Waals surface area contributed by atoms with Gasteiger partial charge in [-0.2, -0.15) is 0 Å². The van der Waals surface area contributed by atoms with Crippen molar-refractivity contribution in [2.24, 2.45) is 5.92 Å². The molecule has 1 aliphatic heterocycles. The molecule has 0 aromatic heterocycles. The molecular formula is C20H30N2O2. The van der Waals surface area contributed by atoms with Gasteiger partial charge in [0, 0.05) is 26.1 Å². The number of nitrogens with zero attached hydrogens (tertiary/aromatic N) is 1. The summed E-state index contributed by atoms with van der Waals surface area (Å²) in [5.74, 6) is 0.652. The highest BCUT2D eigenvalue weighted by molar-refractivity contribution is 5.87. The molecule has 132 valence electrons. The fourth-order valence-corrected chi connectivity index (χ4v) is 3.36. The van der Waals surface area contributed by atoms with E-state index >= 15 is 0 Å². The van der Waals surface area contributed by atoms with E-state index in [1.165, 1.54) is 0 Å². The van der Waals surface area contributed by atoms with Gasteiger partial charge >= 0.3 is 0 Å². The van der Waals surface area contributed by atoms with Crippen molar-refractivity contribution in [1.82, 2.24) is 10.2 Å². The molecule has 4 heteroatoms. The SMILES string of the molecule is CCCC(=O)NC[C@H]1CCCN(C(=O)C(C)(C)c2ccccc2)C1. The first-order chi connectivity index (χ1) is 11.4. The number of carbonyl (C=O) groups is 2. The maximum absolute atomic E-state index is 13.0. The Labute approximate surface area is 145 Å². The number of amides is 2. The van der Waals surface area contributed by atoms with Gasteiger partial charge < -0.3 is 10.2 Å². The monoisotopic (exact) mass is 330 g/mol. The lowest BCUT2D eigenvalue weighted by molar-refractivity contribution is -0.138. The second-order valence-corrected chi connectivity index (χ2v) is 7.30. The van der Waals surface area contributed by atoms with Crippen molar-refractivity contribution in [2.45, 2.75) is 51.9 Å². The zero-order valence-electron chi connectivity index (χ0n) is 15.2. The van der Waals surface area contributed by atoms with Crippen molar-refractivity contribution in [3.05, 3.63) is 35.9 Å². The van der Waals surface area contributed by atoms with Crippen LogP contribution in [0.3, 0.4) is 0 Å². The van der Waals surface area contributed by atoms with Crippen molar-refractivity contribution in [3.8, 4) is 0 Å². The molecule has 1 aliphatic rings. The predicted molar refractivity (Wildman–Crippen MR) is 96.7 cm³/mol. The molecule has 0 bridgehead atoms. The smallest absolute Gasteiger partial charge is 0.232 e. The number of benzene rings is 1. The number of hydrogen-bond acceptors (Lipinski definition) is 2. The number of rotatable bonds is 6. The molecule has 2 rings (SSSR count). The van der Waals surface area contributed by atoms with Crippen LogP contribution in [0, 0.1) is 5.92 Å². The average Bonchev–Trinajstić information content (AvgIpc) is 2.60. The minimum absolute atomic E-state index is 0.116. The van der Waals surface area contributed by atoms with Crippen LogP contribution in [-0.4, -0.2) is 36.3 Å². The van der Waals surface area contributed by atoms with E-state index in [2.05, 4.69) is 5.32 Å². The maximum Gasteiger partial charge on any atom is 0.232 e. The van der Waals surface area contributed by atoms with E-state index in [1.807, 2.05) is 56.0 Å². The Morgan fingerprint density at radius 2 is 1.96 bits per heavy atom. The van der Waals surface area contributed by atoms with Crippen LogP contribution in [-0.2, 0) is 15.0 Å². The molecule has 0 aliphatic carbocycles. The summed E-state index contributed by atoms with van der Waals surface area (Å²) in [6, 6.07) is 9.97. The van der Waals surface area contributed by atoms with Crippen LogP contribution in [0.25, 0.3) is 0 Å². The molecule has 0 radical (unpaired) electrons. The van der Waals surface area contributed by atoms with Crippen LogP contribution in [0.1, 0.15) is 52.0 Å². The predicted octanol–water partition coefficient (Wildman–Crippen LogP) is 3.12. The minimum Gasteiger partial charge on any atom is -0.356 e. The van der Waals surface area contributed by atoms with Gasteiger partial charge in [0.1, 0.15) is 0 Å². The average molecular weight is 330 g/mol. The van der Waals surface area contributed by atoms with Crippen LogP contribution in [0.5, 0.6) is 0 Å². The lowest BCUT2D eigenvalue weighted by Crippen LogP contribution is -2.49. The highest BCUT2D eigenvalue weighted by Gasteiger charge is 2.35. The third-order valence-corrected chi connectivity index (χ3v) is 4.90. The standard InChI is InChI=1S/C20H30N2O2/c1-4-9-18(23)21-14-16-10-8-13-22(15-16)19(24)20(2,3)17-11-6-5-7-12-17/h5-7,11-12,16H,4,8-10,13-15H2,1-3H3,(H,21,23)/t16-/m1/s1. The summed E-state index contributed by atoms with van der Waals surface area (Å²) in [4.78, 5) is 26.7. The van der Waals surface area contributed by atoms with Gasteiger partial charge in [-0.3, -0.25) is 9.59 Å². The van der Waals surface area contributed by atoms with E-state index in [0.29, 0.717) is 18.9 Å². The van der Waals surface area contributed by atoms with Crippen LogP contribution in [0.4, 0.5) is 0 Å². The Kier molecular flexibility index (Phi) is 6.41. The zero-order chi connectivity index (χ0) is 17.6. The van der Waals surface area contributed by atoms with Gasteiger partial charge in [0.25, 0.3) is 0 Å². The summed E-state index contributed by atoms with van der Waals surface area (Å²) in [6.07, 6.45) is 3.52. The molecule has 1 saturated heterocycles. The van der Waals surface area contributed by atoms with Gasteiger partial charge in [0.05, 0.1) is 5.41 Å². The molecule has 1 atom stereocenters. The van der Waals surface area contributed by atoms with Crippen LogP contribution < -0.4 is 5.32 Å². The molecule has 0 spiro atoms. The first-order valence-corrected chi connectivity index (χ1v) is 9.06. The first-order valence-electron chi connectivity index (χ1n) is 9.06. The van der Waals surface area contributed by atoms with Gasteiger partial charge in [0.15, 0.2) is 0 Å². The van der Waals surface area contributed by atoms with E-state index in [9.17, 15) is 9.59 Å². The fraction of sp³-hybridized carbons (Fsp3) is 0.600. The topological polar surface area (TPSA) is 49.4 Å². The normalized spacial score (nSPS) is 18.3. The Balaban J connectivity index is 1.96. The summed E-state index contributed by atoms with van der Waals surface area (Å²) in [6.45, 7) is 8.23. The number of piperidine rings is 1. The molecule has 4 nitrogen and oxygen atoms in total. The quantitative estimate of drug-likeness (QED) is 0.871. The summed E-state index contributed by atoms with van der Waals surface area (Å²) in [5.41, 5.74) is 0.530. The molecule has 1 N–H and O–H groups in total. The second kappa shape index (κ2) is 8.32. The summed E-state index contributed by atoms with van der Waals surface area (Å²) in [5, 5.41) is 3.01. The summed E-state index contributed by atoms with van der Waals surface area (Å²) in [7, 11) is 0. The molecule has 0 unspecified atom stereocenters. The maximum atomic E-state index is 13.0. The van der Waals surface area contributed by atoms with Gasteiger partial charge in [0.2, 0.25) is 11.8 Å². The van der Waals surface area contributed by atoms with E-state index in [0.717, 1.165) is 37.9 Å². The lowest BCUT2D eigenvalue weighted by Gasteiger charge is -2.38. The lowest BCUT2D eigenvalue weighted by atomic mass is 9.82. The largest absolute Gasteiger partial charge is 0.356 e. The van der Waals surface area contributed by atoms with Gasteiger partial charge in [-0.25, -0.2) is 0 Å². The number of likely N-dealkylation sites (tertiary alicyclic amines) is 1. The van der Waals surface area contributed by atoms with E-state index in [4.69, 9.17) is 0 Å². The van der Waals surface area contributed by atoms with Crippen molar-refractivity contribution in [3.63, 3.8) is 0 Å². The Hall–Kier alpha value is -1.84. The van der Waals surface area contributed by atoms with E-state index < -0.39 is 5.41 Å². The summed E-state index contributed by atoms with van der Waals surface area (Å²) < 4.78 is 0. The molecule has 1 fully saturated rings. The molecule has 0 saturated carbocycles. The number of carbonyl (C=O) groups excluding carboxylic acids is 2. The van der Waals surface area contributed by atoms with Crippen molar-refractivity contribution in [2.75, 3.05) is 19.6 Å². The second-order valence-electron chi connectivity index (χ2n) is 7.30.